The van der Waals surface area contributed by atoms with E-state index in [1.54, 1.807) is 30.5 Å². The molecule has 120 valence electrons. The number of carbonyl (C=O) groups is 1. The van der Waals surface area contributed by atoms with Gasteiger partial charge in [0.25, 0.3) is 0 Å². The average Bonchev–Trinajstić information content (AvgIpc) is 2.54. The van der Waals surface area contributed by atoms with E-state index in [-0.39, 0.29) is 0 Å². The Morgan fingerprint density at radius 1 is 1.26 bits per heavy atom. The molecule has 2 rings (SSSR count). The molecule has 5 nitrogen and oxygen atoms in total. The van der Waals surface area contributed by atoms with Gasteiger partial charge in [-0.2, -0.15) is 5.10 Å². The van der Waals surface area contributed by atoms with Crippen LogP contribution in [0, 0.1) is 0 Å². The van der Waals surface area contributed by atoms with Crippen molar-refractivity contribution in [3.05, 3.63) is 59.1 Å². The molecule has 0 aliphatic rings. The number of hydrogen-bond acceptors (Lipinski definition) is 3. The summed E-state index contributed by atoms with van der Waals surface area (Å²) in [5.74, 6) is 0.732. The zero-order valence-corrected chi connectivity index (χ0v) is 13.5. The van der Waals surface area contributed by atoms with E-state index in [9.17, 15) is 4.79 Å². The van der Waals surface area contributed by atoms with Crippen LogP contribution in [0.15, 0.2) is 53.6 Å². The van der Waals surface area contributed by atoms with Crippen molar-refractivity contribution >= 4 is 29.5 Å². The van der Waals surface area contributed by atoms with Crippen molar-refractivity contribution in [3.8, 4) is 5.75 Å². The SMILES string of the molecule is CCCOc1ccccc1/C=N\NC(=O)Nc1cccc(Cl)c1. The summed E-state index contributed by atoms with van der Waals surface area (Å²) >= 11 is 5.86. The minimum absolute atomic E-state index is 0.449. The topological polar surface area (TPSA) is 62.7 Å². The first-order chi connectivity index (χ1) is 11.2. The molecule has 0 bridgehead atoms. The van der Waals surface area contributed by atoms with Gasteiger partial charge in [0.2, 0.25) is 0 Å². The Morgan fingerprint density at radius 2 is 2.09 bits per heavy atom. The molecule has 0 heterocycles. The number of hydrogen-bond donors (Lipinski definition) is 2. The molecular weight excluding hydrogens is 314 g/mol. The molecule has 0 radical (unpaired) electrons. The Morgan fingerprint density at radius 3 is 2.87 bits per heavy atom. The number of benzene rings is 2. The van der Waals surface area contributed by atoms with Gasteiger partial charge in [-0.05, 0) is 36.8 Å². The summed E-state index contributed by atoms with van der Waals surface area (Å²) < 4.78 is 5.62. The van der Waals surface area contributed by atoms with E-state index in [1.807, 2.05) is 31.2 Å². The molecule has 2 aromatic carbocycles. The highest BCUT2D eigenvalue weighted by Crippen LogP contribution is 2.16. The number of urea groups is 1. The zero-order chi connectivity index (χ0) is 16.5. The van der Waals surface area contributed by atoms with Gasteiger partial charge in [-0.15, -0.1) is 0 Å². The maximum Gasteiger partial charge on any atom is 0.339 e. The molecule has 6 heteroatoms. The summed E-state index contributed by atoms with van der Waals surface area (Å²) in [5, 5.41) is 7.12. The monoisotopic (exact) mass is 331 g/mol. The first kappa shape index (κ1) is 16.8. The highest BCUT2D eigenvalue weighted by atomic mass is 35.5. The number of hydrazone groups is 1. The van der Waals surface area contributed by atoms with Gasteiger partial charge < -0.3 is 10.1 Å². The highest BCUT2D eigenvalue weighted by Gasteiger charge is 2.02. The highest BCUT2D eigenvalue weighted by molar-refractivity contribution is 6.30. The summed E-state index contributed by atoms with van der Waals surface area (Å²) in [7, 11) is 0. The van der Waals surface area contributed by atoms with Gasteiger partial charge in [0, 0.05) is 16.3 Å². The Kier molecular flexibility index (Phi) is 6.44. The van der Waals surface area contributed by atoms with Crippen LogP contribution in [-0.2, 0) is 0 Å². The molecule has 2 amide bonds. The van der Waals surface area contributed by atoms with Gasteiger partial charge in [0.05, 0.1) is 12.8 Å². The molecule has 0 atom stereocenters. The van der Waals surface area contributed by atoms with E-state index in [4.69, 9.17) is 16.3 Å². The molecule has 0 fully saturated rings. The first-order valence-electron chi connectivity index (χ1n) is 7.26. The predicted molar refractivity (Wildman–Crippen MR) is 93.4 cm³/mol. The van der Waals surface area contributed by atoms with Crippen molar-refractivity contribution < 1.29 is 9.53 Å². The van der Waals surface area contributed by atoms with Crippen LogP contribution in [0.5, 0.6) is 5.75 Å². The van der Waals surface area contributed by atoms with Crippen LogP contribution in [0.4, 0.5) is 10.5 Å². The molecule has 0 spiro atoms. The maximum atomic E-state index is 11.8. The van der Waals surface area contributed by atoms with Gasteiger partial charge in [0.1, 0.15) is 5.75 Å². The minimum Gasteiger partial charge on any atom is -0.493 e. The van der Waals surface area contributed by atoms with Gasteiger partial charge >= 0.3 is 6.03 Å². The Hall–Kier alpha value is -2.53. The van der Waals surface area contributed by atoms with E-state index >= 15 is 0 Å². The third-order valence-electron chi connectivity index (χ3n) is 2.83. The zero-order valence-electron chi connectivity index (χ0n) is 12.8. The number of amides is 2. The molecular formula is C17H18ClN3O2. The number of rotatable bonds is 6. The Balaban J connectivity index is 1.92. The second kappa shape index (κ2) is 8.80. The number of para-hydroxylation sites is 1. The van der Waals surface area contributed by atoms with Crippen molar-refractivity contribution in [1.29, 1.82) is 0 Å². The summed E-state index contributed by atoms with van der Waals surface area (Å²) in [6.45, 7) is 2.67. The van der Waals surface area contributed by atoms with Crippen LogP contribution in [0.2, 0.25) is 5.02 Å². The normalized spacial score (nSPS) is 10.5. The second-order valence-corrected chi connectivity index (χ2v) is 5.16. The van der Waals surface area contributed by atoms with E-state index < -0.39 is 6.03 Å². The molecule has 2 aromatic rings. The van der Waals surface area contributed by atoms with Crippen LogP contribution in [-0.4, -0.2) is 18.9 Å². The summed E-state index contributed by atoms with van der Waals surface area (Å²) in [6, 6.07) is 13.9. The first-order valence-corrected chi connectivity index (χ1v) is 7.64. The number of anilines is 1. The van der Waals surface area contributed by atoms with Crippen molar-refractivity contribution in [2.75, 3.05) is 11.9 Å². The Bertz CT molecular complexity index is 689. The summed E-state index contributed by atoms with van der Waals surface area (Å²) in [4.78, 5) is 11.8. The van der Waals surface area contributed by atoms with Crippen LogP contribution in [0.25, 0.3) is 0 Å². The predicted octanol–water partition coefficient (Wildman–Crippen LogP) is 4.28. The Labute approximate surface area is 140 Å². The van der Waals surface area contributed by atoms with Gasteiger partial charge in [-0.25, -0.2) is 10.2 Å². The molecule has 23 heavy (non-hydrogen) atoms. The average molecular weight is 332 g/mol. The fraction of sp³-hybridized carbons (Fsp3) is 0.176. The lowest BCUT2D eigenvalue weighted by atomic mass is 10.2. The lowest BCUT2D eigenvalue weighted by Crippen LogP contribution is -2.24. The van der Waals surface area contributed by atoms with Crippen molar-refractivity contribution in [3.63, 3.8) is 0 Å². The second-order valence-electron chi connectivity index (χ2n) is 4.72. The number of ether oxygens (including phenoxy) is 1. The van der Waals surface area contributed by atoms with Crippen molar-refractivity contribution in [2.45, 2.75) is 13.3 Å². The molecule has 2 N–H and O–H groups in total. The number of nitrogens with zero attached hydrogens (tertiary/aromatic N) is 1. The lowest BCUT2D eigenvalue weighted by molar-refractivity contribution is 0.252. The molecule has 0 aromatic heterocycles. The third kappa shape index (κ3) is 5.64. The smallest absolute Gasteiger partial charge is 0.339 e. The van der Waals surface area contributed by atoms with Crippen LogP contribution >= 0.6 is 11.6 Å². The van der Waals surface area contributed by atoms with Crippen LogP contribution < -0.4 is 15.5 Å². The van der Waals surface area contributed by atoms with Crippen LogP contribution in [0.1, 0.15) is 18.9 Å². The van der Waals surface area contributed by atoms with Gasteiger partial charge in [-0.3, -0.25) is 0 Å². The molecule has 0 saturated heterocycles. The molecule has 0 aliphatic heterocycles. The molecule has 0 saturated carbocycles. The molecule has 0 aliphatic carbocycles. The van der Waals surface area contributed by atoms with Gasteiger partial charge in [-0.1, -0.05) is 36.7 Å². The largest absolute Gasteiger partial charge is 0.493 e. The van der Waals surface area contributed by atoms with Gasteiger partial charge in [0.15, 0.2) is 0 Å². The standard InChI is InChI=1S/C17H18ClN3O2/c1-2-10-23-16-9-4-3-6-13(16)12-19-21-17(22)20-15-8-5-7-14(18)11-15/h3-9,11-12H,2,10H2,1H3,(H2,20,21,22)/b19-12-. The van der Waals surface area contributed by atoms with Crippen LogP contribution in [0.3, 0.4) is 0 Å². The number of nitrogens with one attached hydrogen (secondary N) is 2. The number of halogens is 1. The number of carbonyl (C=O) groups excluding carboxylic acids is 1. The summed E-state index contributed by atoms with van der Waals surface area (Å²) in [6.07, 6.45) is 2.47. The van der Waals surface area contributed by atoms with E-state index in [2.05, 4.69) is 15.8 Å². The van der Waals surface area contributed by atoms with Crippen molar-refractivity contribution in [2.24, 2.45) is 5.10 Å². The van der Waals surface area contributed by atoms with E-state index in [0.29, 0.717) is 17.3 Å². The van der Waals surface area contributed by atoms with E-state index in [1.165, 1.54) is 0 Å². The fourth-order valence-electron chi connectivity index (χ4n) is 1.82. The van der Waals surface area contributed by atoms with E-state index in [0.717, 1.165) is 17.7 Å². The fourth-order valence-corrected chi connectivity index (χ4v) is 2.01. The quantitative estimate of drug-likeness (QED) is 0.613. The molecule has 0 unspecified atom stereocenters. The lowest BCUT2D eigenvalue weighted by Gasteiger charge is -2.07. The minimum atomic E-state index is -0.449. The van der Waals surface area contributed by atoms with Crippen molar-refractivity contribution in [1.82, 2.24) is 5.43 Å². The maximum absolute atomic E-state index is 11.8. The third-order valence-corrected chi connectivity index (χ3v) is 3.07. The summed E-state index contributed by atoms with van der Waals surface area (Å²) in [5.41, 5.74) is 3.79.